The summed E-state index contributed by atoms with van der Waals surface area (Å²) in [5.74, 6) is -0.0679. The minimum Gasteiger partial charge on any atom is -0.312 e. The Morgan fingerprint density at radius 1 is 1.28 bits per heavy atom. The van der Waals surface area contributed by atoms with Crippen LogP contribution in [0.25, 0.3) is 0 Å². The van der Waals surface area contributed by atoms with Crippen molar-refractivity contribution in [2.45, 2.75) is 50.3 Å². The first-order valence-electron chi connectivity index (χ1n) is 8.66. The van der Waals surface area contributed by atoms with Crippen molar-refractivity contribution < 1.29 is 13.2 Å². The minimum absolute atomic E-state index is 0.0679. The molecule has 1 aromatic rings. The van der Waals surface area contributed by atoms with Gasteiger partial charge in [0, 0.05) is 30.2 Å². The number of fused-ring (bicyclic) bond motifs is 1. The highest BCUT2D eigenvalue weighted by atomic mass is 79.9. The Bertz CT molecular complexity index is 818. The second-order valence-electron chi connectivity index (χ2n) is 6.59. The van der Waals surface area contributed by atoms with E-state index in [1.54, 1.807) is 11.0 Å². The molecule has 1 aliphatic carbocycles. The van der Waals surface area contributed by atoms with E-state index in [0.717, 1.165) is 31.2 Å². The largest absolute Gasteiger partial charge is 0.312 e. The lowest BCUT2D eigenvalue weighted by Crippen LogP contribution is -2.27. The molecule has 1 heterocycles. The summed E-state index contributed by atoms with van der Waals surface area (Å²) in [4.78, 5) is 13.6. The second-order valence-corrected chi connectivity index (χ2v) is 9.18. The average Bonchev–Trinajstić information content (AvgIpc) is 2.97. The molecule has 1 amide bonds. The number of allylic oxidation sites excluding steroid dienone is 1. The third-order valence-electron chi connectivity index (χ3n) is 4.82. The van der Waals surface area contributed by atoms with Gasteiger partial charge in [0.05, 0.1) is 4.90 Å². The number of sulfonamides is 1. The summed E-state index contributed by atoms with van der Waals surface area (Å²) in [5.41, 5.74) is 3.03. The van der Waals surface area contributed by atoms with E-state index < -0.39 is 10.0 Å². The molecule has 2 aliphatic rings. The second kappa shape index (κ2) is 7.60. The Morgan fingerprint density at radius 3 is 2.76 bits per heavy atom. The van der Waals surface area contributed by atoms with Crippen LogP contribution in [0, 0.1) is 0 Å². The number of hydrogen-bond donors (Lipinski definition) is 1. The van der Waals surface area contributed by atoms with E-state index in [-0.39, 0.29) is 10.8 Å². The Labute approximate surface area is 157 Å². The Kier molecular flexibility index (Phi) is 5.65. The van der Waals surface area contributed by atoms with Crippen LogP contribution < -0.4 is 9.62 Å². The first-order chi connectivity index (χ1) is 11.9. The van der Waals surface area contributed by atoms with E-state index >= 15 is 0 Å². The van der Waals surface area contributed by atoms with E-state index in [9.17, 15) is 13.2 Å². The molecule has 0 spiro atoms. The number of rotatable bonds is 5. The van der Waals surface area contributed by atoms with E-state index in [4.69, 9.17) is 0 Å². The smallest absolute Gasteiger partial charge is 0.241 e. The summed E-state index contributed by atoms with van der Waals surface area (Å²) in [6.07, 6.45) is 8.31. The van der Waals surface area contributed by atoms with Crippen LogP contribution in [-0.2, 0) is 21.2 Å². The molecule has 1 aliphatic heterocycles. The summed E-state index contributed by atoms with van der Waals surface area (Å²) >= 11 is 3.38. The zero-order valence-electron chi connectivity index (χ0n) is 14.3. The van der Waals surface area contributed by atoms with Crippen molar-refractivity contribution in [2.75, 3.05) is 18.0 Å². The van der Waals surface area contributed by atoms with Gasteiger partial charge in [-0.2, -0.15) is 0 Å². The first-order valence-corrected chi connectivity index (χ1v) is 10.9. The molecule has 136 valence electrons. The van der Waals surface area contributed by atoms with Crippen LogP contribution in [0.5, 0.6) is 0 Å². The molecule has 25 heavy (non-hydrogen) atoms. The van der Waals surface area contributed by atoms with Gasteiger partial charge in [-0.25, -0.2) is 13.1 Å². The number of hydrogen-bond acceptors (Lipinski definition) is 3. The van der Waals surface area contributed by atoms with Gasteiger partial charge in [-0.1, -0.05) is 11.6 Å². The zero-order valence-corrected chi connectivity index (χ0v) is 16.7. The molecule has 0 unspecified atom stereocenters. The summed E-state index contributed by atoms with van der Waals surface area (Å²) in [5, 5.41) is 0. The van der Waals surface area contributed by atoms with Crippen molar-refractivity contribution in [2.24, 2.45) is 0 Å². The van der Waals surface area contributed by atoms with Crippen molar-refractivity contribution in [1.29, 1.82) is 0 Å². The maximum Gasteiger partial charge on any atom is 0.241 e. The minimum atomic E-state index is -3.62. The van der Waals surface area contributed by atoms with E-state index in [1.165, 1.54) is 25.3 Å². The number of halogens is 1. The topological polar surface area (TPSA) is 66.5 Å². The molecule has 0 atom stereocenters. The van der Waals surface area contributed by atoms with Crippen LogP contribution in [0.1, 0.15) is 44.6 Å². The molecule has 0 fully saturated rings. The summed E-state index contributed by atoms with van der Waals surface area (Å²) in [6, 6.07) is 3.42. The predicted octanol–water partition coefficient (Wildman–Crippen LogP) is 3.53. The fourth-order valence-corrected chi connectivity index (χ4v) is 5.62. The van der Waals surface area contributed by atoms with Crippen molar-refractivity contribution in [3.05, 3.63) is 33.8 Å². The summed E-state index contributed by atoms with van der Waals surface area (Å²) in [7, 11) is -3.62. The fourth-order valence-electron chi connectivity index (χ4n) is 3.48. The number of anilines is 1. The number of carbonyl (C=O) groups excluding carboxylic acids is 1. The Balaban J connectivity index is 1.76. The lowest BCUT2D eigenvalue weighted by Gasteiger charge is -2.17. The molecule has 1 aromatic carbocycles. The molecule has 3 rings (SSSR count). The number of carbonyl (C=O) groups is 1. The van der Waals surface area contributed by atoms with Crippen LogP contribution in [0.2, 0.25) is 0 Å². The first kappa shape index (κ1) is 18.6. The molecule has 1 N–H and O–H groups in total. The molecular formula is C18H23BrN2O3S. The molecule has 0 saturated carbocycles. The van der Waals surface area contributed by atoms with E-state index in [1.807, 2.05) is 6.07 Å². The average molecular weight is 427 g/mol. The monoisotopic (exact) mass is 426 g/mol. The SMILES string of the molecule is CC(=O)N1CCc2cc(Br)c(S(=O)(=O)NCCC3=CCCCC3)cc21. The fraction of sp³-hybridized carbons (Fsp3) is 0.500. The van der Waals surface area contributed by atoms with Gasteiger partial charge in [0.25, 0.3) is 0 Å². The standard InChI is InChI=1S/C18H23BrN2O3S/c1-13(22)21-10-8-15-11-16(19)18(12-17(15)21)25(23,24)20-9-7-14-5-3-2-4-6-14/h5,11-12,20H,2-4,6-10H2,1H3. The van der Waals surface area contributed by atoms with Crippen LogP contribution >= 0.6 is 15.9 Å². The molecule has 0 bridgehead atoms. The zero-order chi connectivity index (χ0) is 18.0. The lowest BCUT2D eigenvalue weighted by atomic mass is 9.97. The lowest BCUT2D eigenvalue weighted by molar-refractivity contribution is -0.116. The number of amides is 1. The Morgan fingerprint density at radius 2 is 2.08 bits per heavy atom. The van der Waals surface area contributed by atoms with Crippen LogP contribution in [0.4, 0.5) is 5.69 Å². The van der Waals surface area contributed by atoms with Gasteiger partial charge in [-0.3, -0.25) is 4.79 Å². The van der Waals surface area contributed by atoms with Gasteiger partial charge < -0.3 is 4.90 Å². The third kappa shape index (κ3) is 4.15. The van der Waals surface area contributed by atoms with Crippen LogP contribution in [0.15, 0.2) is 33.2 Å². The number of nitrogens with one attached hydrogen (secondary N) is 1. The predicted molar refractivity (Wildman–Crippen MR) is 102 cm³/mol. The normalized spacial score (nSPS) is 17.4. The maximum absolute atomic E-state index is 12.7. The van der Waals surface area contributed by atoms with Crippen molar-refractivity contribution in [1.82, 2.24) is 4.72 Å². The van der Waals surface area contributed by atoms with E-state index in [0.29, 0.717) is 23.2 Å². The highest BCUT2D eigenvalue weighted by Crippen LogP contribution is 2.35. The molecule has 0 radical (unpaired) electrons. The van der Waals surface area contributed by atoms with Crippen molar-refractivity contribution in [3.63, 3.8) is 0 Å². The van der Waals surface area contributed by atoms with Gasteiger partial charge in [0.1, 0.15) is 0 Å². The van der Waals surface area contributed by atoms with Gasteiger partial charge in [0.15, 0.2) is 0 Å². The van der Waals surface area contributed by atoms with Gasteiger partial charge in [-0.15, -0.1) is 0 Å². The Hall–Kier alpha value is -1.18. The highest BCUT2D eigenvalue weighted by molar-refractivity contribution is 9.10. The van der Waals surface area contributed by atoms with Crippen LogP contribution in [0.3, 0.4) is 0 Å². The van der Waals surface area contributed by atoms with Gasteiger partial charge >= 0.3 is 0 Å². The number of nitrogens with zero attached hydrogens (tertiary/aromatic N) is 1. The van der Waals surface area contributed by atoms with Gasteiger partial charge in [0.2, 0.25) is 15.9 Å². The maximum atomic E-state index is 12.7. The highest BCUT2D eigenvalue weighted by Gasteiger charge is 2.27. The summed E-state index contributed by atoms with van der Waals surface area (Å²) < 4.78 is 28.7. The van der Waals surface area contributed by atoms with E-state index in [2.05, 4.69) is 26.7 Å². The molecule has 7 heteroatoms. The van der Waals surface area contributed by atoms with Crippen LogP contribution in [-0.4, -0.2) is 27.4 Å². The molecule has 0 aromatic heterocycles. The molecular weight excluding hydrogens is 404 g/mol. The summed E-state index contributed by atoms with van der Waals surface area (Å²) in [6.45, 7) is 2.50. The third-order valence-corrected chi connectivity index (χ3v) is 7.24. The van der Waals surface area contributed by atoms with Crippen molar-refractivity contribution in [3.8, 4) is 0 Å². The van der Waals surface area contributed by atoms with Gasteiger partial charge in [-0.05, 0) is 72.2 Å². The molecule has 0 saturated heterocycles. The molecule has 5 nitrogen and oxygen atoms in total. The quantitative estimate of drug-likeness (QED) is 0.732. The van der Waals surface area contributed by atoms with Crippen molar-refractivity contribution >= 4 is 37.5 Å². The number of benzene rings is 1.